The van der Waals surface area contributed by atoms with E-state index in [1.807, 2.05) is 32.9 Å². The molecule has 0 aliphatic carbocycles. The summed E-state index contributed by atoms with van der Waals surface area (Å²) in [5, 5.41) is 6.94. The molecule has 1 fully saturated rings. The van der Waals surface area contributed by atoms with Crippen LogP contribution in [0.2, 0.25) is 0 Å². The molecule has 0 aromatic heterocycles. The first-order chi connectivity index (χ1) is 12.0. The van der Waals surface area contributed by atoms with Crippen LogP contribution >= 0.6 is 0 Å². The van der Waals surface area contributed by atoms with Gasteiger partial charge in [0.2, 0.25) is 5.91 Å². The van der Waals surface area contributed by atoms with E-state index in [0.29, 0.717) is 0 Å². The minimum atomic E-state index is -0.0482. The normalized spacial score (nSPS) is 20.6. The molecule has 1 aliphatic heterocycles. The summed E-state index contributed by atoms with van der Waals surface area (Å²) in [6, 6.07) is 8.30. The second-order valence-electron chi connectivity index (χ2n) is 9.42. The van der Waals surface area contributed by atoms with Gasteiger partial charge in [-0.3, -0.25) is 4.79 Å². The molecular formula is C22H36N2O2. The molecule has 2 N–H and O–H groups in total. The number of amides is 1. The number of rotatable bonds is 6. The van der Waals surface area contributed by atoms with Crippen molar-refractivity contribution in [1.82, 2.24) is 10.6 Å². The van der Waals surface area contributed by atoms with Crippen molar-refractivity contribution in [2.24, 2.45) is 5.92 Å². The molecule has 1 aromatic rings. The van der Waals surface area contributed by atoms with E-state index in [2.05, 4.69) is 50.5 Å². The molecule has 1 heterocycles. The standard InChI is InChI=1S/C22H36N2O2/c1-15(2)26-19-10-8-17(9-11-19)12-16(3)20(25)23-18-13-21(4,5)24-22(6,7)14-18/h8-11,15-16,18,24H,12-14H2,1-7H3,(H,23,25). The Bertz CT molecular complexity index is 589. The van der Waals surface area contributed by atoms with E-state index < -0.39 is 0 Å². The Morgan fingerprint density at radius 3 is 2.15 bits per heavy atom. The highest BCUT2D eigenvalue weighted by Crippen LogP contribution is 2.28. The molecule has 0 spiro atoms. The molecule has 4 heteroatoms. The van der Waals surface area contributed by atoms with Crippen molar-refractivity contribution in [1.29, 1.82) is 0 Å². The second kappa shape index (κ2) is 7.99. The zero-order valence-corrected chi connectivity index (χ0v) is 17.5. The number of carbonyl (C=O) groups excluding carboxylic acids is 1. The molecule has 1 atom stereocenters. The van der Waals surface area contributed by atoms with Crippen LogP contribution < -0.4 is 15.4 Å². The maximum Gasteiger partial charge on any atom is 0.223 e. The van der Waals surface area contributed by atoms with Crippen LogP contribution in [0.3, 0.4) is 0 Å². The lowest BCUT2D eigenvalue weighted by atomic mass is 9.79. The number of piperidine rings is 1. The van der Waals surface area contributed by atoms with E-state index >= 15 is 0 Å². The number of hydrogen-bond acceptors (Lipinski definition) is 3. The van der Waals surface area contributed by atoms with Gasteiger partial charge in [0.05, 0.1) is 6.10 Å². The van der Waals surface area contributed by atoms with E-state index in [9.17, 15) is 4.79 Å². The van der Waals surface area contributed by atoms with Crippen molar-refractivity contribution in [2.75, 3.05) is 0 Å². The van der Waals surface area contributed by atoms with Gasteiger partial charge in [0.25, 0.3) is 0 Å². The molecule has 1 amide bonds. The summed E-state index contributed by atoms with van der Waals surface area (Å²) < 4.78 is 5.68. The molecule has 1 aliphatic rings. The zero-order valence-electron chi connectivity index (χ0n) is 17.5. The Hall–Kier alpha value is -1.55. The van der Waals surface area contributed by atoms with Crippen molar-refractivity contribution in [3.05, 3.63) is 29.8 Å². The van der Waals surface area contributed by atoms with Crippen LogP contribution in [0.1, 0.15) is 66.9 Å². The van der Waals surface area contributed by atoms with Crippen LogP contribution in [0.4, 0.5) is 0 Å². The molecule has 4 nitrogen and oxygen atoms in total. The predicted molar refractivity (Wildman–Crippen MR) is 108 cm³/mol. The third-order valence-corrected chi connectivity index (χ3v) is 4.82. The lowest BCUT2D eigenvalue weighted by molar-refractivity contribution is -0.125. The first-order valence-corrected chi connectivity index (χ1v) is 9.81. The summed E-state index contributed by atoms with van der Waals surface area (Å²) in [6.07, 6.45) is 2.82. The first-order valence-electron chi connectivity index (χ1n) is 9.81. The number of nitrogens with one attached hydrogen (secondary N) is 2. The molecule has 2 rings (SSSR count). The second-order valence-corrected chi connectivity index (χ2v) is 9.42. The molecule has 1 unspecified atom stereocenters. The van der Waals surface area contributed by atoms with Gasteiger partial charge in [-0.15, -0.1) is 0 Å². The fourth-order valence-corrected chi connectivity index (χ4v) is 4.19. The summed E-state index contributed by atoms with van der Waals surface area (Å²) in [6.45, 7) is 14.9. The van der Waals surface area contributed by atoms with Gasteiger partial charge < -0.3 is 15.4 Å². The summed E-state index contributed by atoms with van der Waals surface area (Å²) in [5.41, 5.74) is 1.24. The van der Waals surface area contributed by atoms with Crippen LogP contribution in [-0.2, 0) is 11.2 Å². The van der Waals surface area contributed by atoms with Crippen LogP contribution in [0.25, 0.3) is 0 Å². The fourth-order valence-electron chi connectivity index (χ4n) is 4.19. The molecule has 26 heavy (non-hydrogen) atoms. The molecule has 0 bridgehead atoms. The maximum atomic E-state index is 12.7. The third-order valence-electron chi connectivity index (χ3n) is 4.82. The summed E-state index contributed by atoms with van der Waals surface area (Å²) in [4.78, 5) is 12.7. The monoisotopic (exact) mass is 360 g/mol. The van der Waals surface area contributed by atoms with Gasteiger partial charge in [0, 0.05) is 23.0 Å². The zero-order chi connectivity index (χ0) is 19.5. The molecule has 0 saturated carbocycles. The summed E-state index contributed by atoms with van der Waals surface area (Å²) in [5.74, 6) is 0.971. The highest BCUT2D eigenvalue weighted by Gasteiger charge is 2.38. The molecule has 1 aromatic carbocycles. The summed E-state index contributed by atoms with van der Waals surface area (Å²) >= 11 is 0. The van der Waals surface area contributed by atoms with Gasteiger partial charge >= 0.3 is 0 Å². The Morgan fingerprint density at radius 2 is 1.65 bits per heavy atom. The average Bonchev–Trinajstić information content (AvgIpc) is 2.45. The van der Waals surface area contributed by atoms with E-state index in [-0.39, 0.29) is 35.0 Å². The molecular weight excluding hydrogens is 324 g/mol. The van der Waals surface area contributed by atoms with Crippen molar-refractivity contribution in [3.63, 3.8) is 0 Å². The van der Waals surface area contributed by atoms with Crippen molar-refractivity contribution >= 4 is 5.91 Å². The molecule has 0 radical (unpaired) electrons. The van der Waals surface area contributed by atoms with Crippen LogP contribution in [0, 0.1) is 5.92 Å². The lowest BCUT2D eigenvalue weighted by Crippen LogP contribution is -2.62. The highest BCUT2D eigenvalue weighted by atomic mass is 16.5. The van der Waals surface area contributed by atoms with Crippen LogP contribution in [-0.4, -0.2) is 29.1 Å². The highest BCUT2D eigenvalue weighted by molar-refractivity contribution is 5.79. The number of carbonyl (C=O) groups is 1. The SMILES string of the molecule is CC(C)Oc1ccc(CC(C)C(=O)NC2CC(C)(C)NC(C)(C)C2)cc1. The summed E-state index contributed by atoms with van der Waals surface area (Å²) in [7, 11) is 0. The van der Waals surface area contributed by atoms with Crippen molar-refractivity contribution < 1.29 is 9.53 Å². The van der Waals surface area contributed by atoms with E-state index in [1.54, 1.807) is 0 Å². The first kappa shape index (κ1) is 20.8. The number of benzene rings is 1. The van der Waals surface area contributed by atoms with Crippen molar-refractivity contribution in [3.8, 4) is 5.75 Å². The van der Waals surface area contributed by atoms with Crippen LogP contribution in [0.15, 0.2) is 24.3 Å². The van der Waals surface area contributed by atoms with E-state index in [1.165, 1.54) is 0 Å². The Morgan fingerprint density at radius 1 is 1.12 bits per heavy atom. The average molecular weight is 361 g/mol. The largest absolute Gasteiger partial charge is 0.491 e. The smallest absolute Gasteiger partial charge is 0.223 e. The van der Waals surface area contributed by atoms with Gasteiger partial charge in [-0.05, 0) is 78.5 Å². The van der Waals surface area contributed by atoms with Gasteiger partial charge in [-0.1, -0.05) is 19.1 Å². The Labute approximate surface area is 159 Å². The fraction of sp³-hybridized carbons (Fsp3) is 0.682. The van der Waals surface area contributed by atoms with Gasteiger partial charge in [-0.25, -0.2) is 0 Å². The number of ether oxygens (including phenoxy) is 1. The van der Waals surface area contributed by atoms with Crippen molar-refractivity contribution in [2.45, 2.75) is 91.0 Å². The minimum Gasteiger partial charge on any atom is -0.491 e. The van der Waals surface area contributed by atoms with Gasteiger partial charge in [-0.2, -0.15) is 0 Å². The predicted octanol–water partition coefficient (Wildman–Crippen LogP) is 4.08. The number of hydrogen-bond donors (Lipinski definition) is 2. The molecule has 1 saturated heterocycles. The lowest BCUT2D eigenvalue weighted by Gasteiger charge is -2.46. The van der Waals surface area contributed by atoms with Gasteiger partial charge in [0.15, 0.2) is 0 Å². The topological polar surface area (TPSA) is 50.4 Å². The molecule has 146 valence electrons. The quantitative estimate of drug-likeness (QED) is 0.804. The van der Waals surface area contributed by atoms with Crippen LogP contribution in [0.5, 0.6) is 5.75 Å². The van der Waals surface area contributed by atoms with E-state index in [0.717, 1.165) is 30.6 Å². The maximum absolute atomic E-state index is 12.7. The van der Waals surface area contributed by atoms with E-state index in [4.69, 9.17) is 4.74 Å². The Balaban J connectivity index is 1.91. The third kappa shape index (κ3) is 6.31. The Kier molecular flexibility index (Phi) is 6.38. The van der Waals surface area contributed by atoms with Gasteiger partial charge in [0.1, 0.15) is 5.75 Å². The minimum absolute atomic E-state index is 0.0369.